The van der Waals surface area contributed by atoms with Gasteiger partial charge in [-0.2, -0.15) is 0 Å². The summed E-state index contributed by atoms with van der Waals surface area (Å²) >= 11 is 4.69. The minimum atomic E-state index is -0.230. The Balaban J connectivity index is 2.36. The third-order valence-corrected chi connectivity index (χ3v) is 4.23. The first-order valence-electron chi connectivity index (χ1n) is 5.13. The highest BCUT2D eigenvalue weighted by Gasteiger charge is 2.10. The number of aromatic nitrogens is 1. The predicted molar refractivity (Wildman–Crippen MR) is 72.9 cm³/mol. The van der Waals surface area contributed by atoms with E-state index in [1.807, 2.05) is 19.9 Å². The number of nitrogen functional groups attached to an aromatic ring is 1. The van der Waals surface area contributed by atoms with Crippen molar-refractivity contribution in [2.24, 2.45) is 0 Å². The lowest BCUT2D eigenvalue weighted by Crippen LogP contribution is -1.93. The van der Waals surface area contributed by atoms with Crippen molar-refractivity contribution >= 4 is 32.4 Å². The van der Waals surface area contributed by atoms with Crippen molar-refractivity contribution in [2.45, 2.75) is 20.3 Å². The van der Waals surface area contributed by atoms with Gasteiger partial charge < -0.3 is 5.73 Å². The number of rotatable bonds is 2. The Morgan fingerprint density at radius 2 is 2.12 bits per heavy atom. The van der Waals surface area contributed by atoms with Crippen molar-refractivity contribution in [1.29, 1.82) is 0 Å². The molecule has 90 valence electrons. The number of halogens is 2. The summed E-state index contributed by atoms with van der Waals surface area (Å²) in [6, 6.07) is 3.36. The molecule has 0 atom stereocenters. The van der Waals surface area contributed by atoms with E-state index in [0.717, 1.165) is 28.1 Å². The summed E-state index contributed by atoms with van der Waals surface area (Å²) in [4.78, 5) is 5.32. The first-order chi connectivity index (χ1) is 7.97. The smallest absolute Gasteiger partial charge is 0.180 e. The van der Waals surface area contributed by atoms with E-state index in [4.69, 9.17) is 5.73 Å². The van der Waals surface area contributed by atoms with Gasteiger partial charge in [0.15, 0.2) is 5.13 Å². The topological polar surface area (TPSA) is 38.9 Å². The molecule has 0 fully saturated rings. The first kappa shape index (κ1) is 12.5. The maximum atomic E-state index is 13.3. The molecule has 2 N–H and O–H groups in total. The zero-order chi connectivity index (χ0) is 12.6. The van der Waals surface area contributed by atoms with Gasteiger partial charge in [0.25, 0.3) is 0 Å². The molecule has 0 aliphatic heterocycles. The van der Waals surface area contributed by atoms with Crippen LogP contribution in [0.1, 0.15) is 21.7 Å². The largest absolute Gasteiger partial charge is 0.375 e. The fourth-order valence-corrected chi connectivity index (χ4v) is 2.91. The summed E-state index contributed by atoms with van der Waals surface area (Å²) in [5.74, 6) is -0.230. The van der Waals surface area contributed by atoms with Crippen LogP contribution >= 0.6 is 27.3 Å². The molecule has 0 bridgehead atoms. The van der Waals surface area contributed by atoms with E-state index in [0.29, 0.717) is 9.60 Å². The van der Waals surface area contributed by atoms with E-state index < -0.39 is 0 Å². The molecule has 0 saturated carbocycles. The Morgan fingerprint density at radius 1 is 1.41 bits per heavy atom. The molecular formula is C12H12BrFN2S. The molecule has 2 nitrogen and oxygen atoms in total. The van der Waals surface area contributed by atoms with Gasteiger partial charge in [-0.3, -0.25) is 0 Å². The summed E-state index contributed by atoms with van der Waals surface area (Å²) in [6.45, 7) is 3.85. The molecule has 0 spiro atoms. The van der Waals surface area contributed by atoms with E-state index in [1.54, 1.807) is 6.07 Å². The number of hydrogen-bond donors (Lipinski definition) is 1. The Labute approximate surface area is 112 Å². The van der Waals surface area contributed by atoms with Crippen molar-refractivity contribution in [3.05, 3.63) is 44.1 Å². The molecule has 0 saturated heterocycles. The summed E-state index contributed by atoms with van der Waals surface area (Å²) in [5.41, 5.74) is 8.64. The van der Waals surface area contributed by atoms with Crippen LogP contribution in [-0.2, 0) is 6.42 Å². The summed E-state index contributed by atoms with van der Waals surface area (Å²) < 4.78 is 13.8. The predicted octanol–water partition coefficient (Wildman–Crippen LogP) is 3.83. The lowest BCUT2D eigenvalue weighted by atomic mass is 10.0. The molecule has 0 radical (unpaired) electrons. The van der Waals surface area contributed by atoms with Gasteiger partial charge in [0.2, 0.25) is 0 Å². The van der Waals surface area contributed by atoms with Crippen LogP contribution in [0.3, 0.4) is 0 Å². The second kappa shape index (κ2) is 4.74. The monoisotopic (exact) mass is 314 g/mol. The molecule has 2 rings (SSSR count). The second-order valence-corrected chi connectivity index (χ2v) is 5.90. The molecule has 1 heterocycles. The minimum absolute atomic E-state index is 0.230. The van der Waals surface area contributed by atoms with E-state index >= 15 is 0 Å². The molecular weight excluding hydrogens is 303 g/mol. The van der Waals surface area contributed by atoms with Crippen LogP contribution in [0.5, 0.6) is 0 Å². The summed E-state index contributed by atoms with van der Waals surface area (Å²) in [6.07, 6.45) is 0.741. The molecule has 0 aliphatic rings. The molecule has 0 unspecified atom stereocenters. The van der Waals surface area contributed by atoms with Crippen molar-refractivity contribution in [3.63, 3.8) is 0 Å². The molecule has 5 heteroatoms. The van der Waals surface area contributed by atoms with Crippen LogP contribution < -0.4 is 5.73 Å². The Hall–Kier alpha value is -0.940. The summed E-state index contributed by atoms with van der Waals surface area (Å²) in [5, 5.41) is 0.580. The van der Waals surface area contributed by atoms with Gasteiger partial charge in [-0.15, -0.1) is 11.3 Å². The van der Waals surface area contributed by atoms with Gasteiger partial charge in [0.1, 0.15) is 5.82 Å². The number of nitrogens with zero attached hydrogens (tertiary/aromatic N) is 1. The van der Waals surface area contributed by atoms with Gasteiger partial charge in [-0.1, -0.05) is 0 Å². The van der Waals surface area contributed by atoms with Gasteiger partial charge in [-0.25, -0.2) is 9.37 Å². The lowest BCUT2D eigenvalue weighted by Gasteiger charge is -2.06. The number of benzene rings is 1. The van der Waals surface area contributed by atoms with Crippen molar-refractivity contribution < 1.29 is 4.39 Å². The SMILES string of the molecule is Cc1cc(F)c(Br)cc1Cc1sc(N)nc1C. The fourth-order valence-electron chi connectivity index (χ4n) is 1.67. The zero-order valence-corrected chi connectivity index (χ0v) is 12.0. The number of nitrogens with two attached hydrogens (primary N) is 1. The van der Waals surface area contributed by atoms with Crippen LogP contribution in [0.25, 0.3) is 0 Å². The normalized spacial score (nSPS) is 10.8. The van der Waals surface area contributed by atoms with E-state index in [2.05, 4.69) is 20.9 Å². The molecule has 0 amide bonds. The number of aryl methyl sites for hydroxylation is 2. The highest BCUT2D eigenvalue weighted by atomic mass is 79.9. The Kier molecular flexibility index (Phi) is 3.49. The minimum Gasteiger partial charge on any atom is -0.375 e. The molecule has 2 aromatic rings. The average molecular weight is 315 g/mol. The van der Waals surface area contributed by atoms with Gasteiger partial charge in [0.05, 0.1) is 10.2 Å². The van der Waals surface area contributed by atoms with Crippen LogP contribution in [-0.4, -0.2) is 4.98 Å². The van der Waals surface area contributed by atoms with Gasteiger partial charge >= 0.3 is 0 Å². The van der Waals surface area contributed by atoms with Crippen LogP contribution in [0.15, 0.2) is 16.6 Å². The third-order valence-electron chi connectivity index (χ3n) is 2.64. The second-order valence-electron chi connectivity index (χ2n) is 3.93. The fraction of sp³-hybridized carbons (Fsp3) is 0.250. The van der Waals surface area contributed by atoms with E-state index in [9.17, 15) is 4.39 Å². The maximum absolute atomic E-state index is 13.3. The Bertz CT molecular complexity index is 566. The van der Waals surface area contributed by atoms with Gasteiger partial charge in [-0.05, 0) is 53.0 Å². The van der Waals surface area contributed by atoms with E-state index in [1.165, 1.54) is 11.3 Å². The lowest BCUT2D eigenvalue weighted by molar-refractivity contribution is 0.619. The maximum Gasteiger partial charge on any atom is 0.180 e. The highest BCUT2D eigenvalue weighted by Crippen LogP contribution is 2.27. The molecule has 1 aromatic heterocycles. The van der Waals surface area contributed by atoms with Gasteiger partial charge in [0, 0.05) is 11.3 Å². The van der Waals surface area contributed by atoms with Crippen molar-refractivity contribution in [2.75, 3.05) is 5.73 Å². The van der Waals surface area contributed by atoms with Crippen LogP contribution in [0.4, 0.5) is 9.52 Å². The van der Waals surface area contributed by atoms with E-state index in [-0.39, 0.29) is 5.82 Å². The van der Waals surface area contributed by atoms with Crippen LogP contribution in [0.2, 0.25) is 0 Å². The van der Waals surface area contributed by atoms with Crippen molar-refractivity contribution in [1.82, 2.24) is 4.98 Å². The molecule has 0 aliphatic carbocycles. The zero-order valence-electron chi connectivity index (χ0n) is 9.55. The van der Waals surface area contributed by atoms with Crippen molar-refractivity contribution in [3.8, 4) is 0 Å². The summed E-state index contributed by atoms with van der Waals surface area (Å²) in [7, 11) is 0. The average Bonchev–Trinajstić information content (AvgIpc) is 2.54. The number of anilines is 1. The van der Waals surface area contributed by atoms with Crippen LogP contribution in [0, 0.1) is 19.7 Å². The first-order valence-corrected chi connectivity index (χ1v) is 6.74. The number of hydrogen-bond acceptors (Lipinski definition) is 3. The third kappa shape index (κ3) is 2.66. The highest BCUT2D eigenvalue weighted by molar-refractivity contribution is 9.10. The Morgan fingerprint density at radius 3 is 2.71 bits per heavy atom. The molecule has 17 heavy (non-hydrogen) atoms. The molecule has 1 aromatic carbocycles. The quantitative estimate of drug-likeness (QED) is 0.914. The number of thiazole rings is 1. The standard InChI is InChI=1S/C12H12BrFN2S/c1-6-3-10(14)9(13)4-8(6)5-11-7(2)16-12(15)17-11/h3-4H,5H2,1-2H3,(H2,15,16).